The molecule has 1 aliphatic rings. The predicted octanol–water partition coefficient (Wildman–Crippen LogP) is -0.420. The first kappa shape index (κ1) is 14.1. The first-order valence-electron chi connectivity index (χ1n) is 6.65. The van der Waals surface area contributed by atoms with Crippen LogP contribution in [0.3, 0.4) is 0 Å². The smallest absolute Gasteiger partial charge is 0.265 e. The molecule has 1 fully saturated rings. The van der Waals surface area contributed by atoms with E-state index in [0.29, 0.717) is 37.6 Å². The van der Waals surface area contributed by atoms with Crippen molar-refractivity contribution in [2.75, 3.05) is 26.2 Å². The average Bonchev–Trinajstić information content (AvgIpc) is 3.12. The van der Waals surface area contributed by atoms with Crippen LogP contribution in [0.5, 0.6) is 0 Å². The predicted molar refractivity (Wildman–Crippen MR) is 75.7 cm³/mol. The van der Waals surface area contributed by atoms with Crippen molar-refractivity contribution in [1.29, 1.82) is 0 Å². The highest BCUT2D eigenvalue weighted by molar-refractivity contribution is 7.11. The summed E-state index contributed by atoms with van der Waals surface area (Å²) < 4.78 is 0. The molecule has 1 atom stereocenters. The van der Waals surface area contributed by atoms with Crippen LogP contribution >= 0.6 is 11.3 Å². The Labute approximate surface area is 125 Å². The lowest BCUT2D eigenvalue weighted by Crippen LogP contribution is -2.37. The van der Waals surface area contributed by atoms with Crippen LogP contribution in [0, 0.1) is 0 Å². The van der Waals surface area contributed by atoms with Gasteiger partial charge in [0, 0.05) is 32.7 Å². The van der Waals surface area contributed by atoms with E-state index >= 15 is 0 Å². The van der Waals surface area contributed by atoms with E-state index in [9.17, 15) is 9.90 Å². The van der Waals surface area contributed by atoms with Crippen LogP contribution in [0.25, 0.3) is 0 Å². The fraction of sp³-hybridized carbons (Fsp3) is 0.500. The summed E-state index contributed by atoms with van der Waals surface area (Å²) in [6.45, 7) is 2.72. The zero-order valence-electron chi connectivity index (χ0n) is 11.3. The van der Waals surface area contributed by atoms with Gasteiger partial charge in [0.15, 0.2) is 0 Å². The molecule has 0 aliphatic carbocycles. The Morgan fingerprint density at radius 2 is 2.33 bits per heavy atom. The number of amides is 1. The number of carbonyl (C=O) groups excluding carboxylic acids is 1. The van der Waals surface area contributed by atoms with E-state index in [1.165, 1.54) is 11.3 Å². The zero-order chi connectivity index (χ0) is 14.7. The van der Waals surface area contributed by atoms with Crippen LogP contribution in [-0.4, -0.2) is 73.5 Å². The van der Waals surface area contributed by atoms with Crippen molar-refractivity contribution in [1.82, 2.24) is 30.2 Å². The Morgan fingerprint density at radius 1 is 1.43 bits per heavy atom. The van der Waals surface area contributed by atoms with Gasteiger partial charge in [0.25, 0.3) is 5.91 Å². The van der Waals surface area contributed by atoms with Gasteiger partial charge in [0.05, 0.1) is 29.7 Å². The molecule has 0 radical (unpaired) electrons. The molecule has 3 rings (SSSR count). The Bertz CT molecular complexity index is 573. The van der Waals surface area contributed by atoms with Crippen molar-refractivity contribution in [3.8, 4) is 0 Å². The van der Waals surface area contributed by atoms with Crippen LogP contribution < -0.4 is 0 Å². The van der Waals surface area contributed by atoms with Crippen molar-refractivity contribution < 1.29 is 9.90 Å². The third kappa shape index (κ3) is 3.43. The molecule has 0 aromatic carbocycles. The second-order valence-corrected chi connectivity index (χ2v) is 5.85. The number of aliphatic hydroxyl groups is 1. The molecule has 112 valence electrons. The summed E-state index contributed by atoms with van der Waals surface area (Å²) >= 11 is 1.32. The van der Waals surface area contributed by atoms with E-state index < -0.39 is 6.10 Å². The van der Waals surface area contributed by atoms with E-state index in [4.69, 9.17) is 0 Å². The number of aromatic nitrogens is 4. The van der Waals surface area contributed by atoms with Gasteiger partial charge in [-0.3, -0.25) is 14.7 Å². The molecule has 21 heavy (non-hydrogen) atoms. The van der Waals surface area contributed by atoms with Crippen molar-refractivity contribution >= 4 is 17.2 Å². The molecule has 0 unspecified atom stereocenters. The fourth-order valence-corrected chi connectivity index (χ4v) is 2.98. The Morgan fingerprint density at radius 3 is 3.05 bits per heavy atom. The molecule has 1 aliphatic heterocycles. The average molecular weight is 308 g/mol. The number of hydrogen-bond acceptors (Lipinski definition) is 7. The molecule has 2 aromatic heterocycles. The summed E-state index contributed by atoms with van der Waals surface area (Å²) in [4.78, 5) is 20.6. The van der Waals surface area contributed by atoms with E-state index in [-0.39, 0.29) is 5.91 Å². The van der Waals surface area contributed by atoms with Crippen LogP contribution in [0.2, 0.25) is 0 Å². The number of β-amino-alcohol motifs (C(OH)–C–C–N with tert-alkyl or cyclic N) is 1. The summed E-state index contributed by atoms with van der Waals surface area (Å²) in [6, 6.07) is 0. The van der Waals surface area contributed by atoms with Gasteiger partial charge in [-0.15, -0.1) is 11.3 Å². The summed E-state index contributed by atoms with van der Waals surface area (Å²) in [7, 11) is 0. The molecule has 0 bridgehead atoms. The molecule has 0 saturated carbocycles. The number of thiazole rings is 1. The summed E-state index contributed by atoms with van der Waals surface area (Å²) in [5.41, 5.74) is 2.46. The van der Waals surface area contributed by atoms with Gasteiger partial charge < -0.3 is 10.0 Å². The molecule has 9 heteroatoms. The lowest BCUT2D eigenvalue weighted by atomic mass is 10.3. The number of aliphatic hydroxyl groups excluding tert-OH is 1. The molecule has 8 nitrogen and oxygen atoms in total. The standard InChI is InChI=1S/C12H16N6O2S/c19-10-6-17(5-9-3-14-16-15-9)1-2-18(7-10)12(20)11-4-13-8-21-11/h3-4,8,10,19H,1-2,5-7H2,(H,14,15,16)/t10-/m0/s1. The summed E-state index contributed by atoms with van der Waals surface area (Å²) in [5, 5.41) is 20.5. The topological polar surface area (TPSA) is 98.2 Å². The summed E-state index contributed by atoms with van der Waals surface area (Å²) in [5.74, 6) is -0.0696. The Kier molecular flexibility index (Phi) is 4.23. The number of rotatable bonds is 3. The molecular weight excluding hydrogens is 292 g/mol. The minimum Gasteiger partial charge on any atom is -0.390 e. The van der Waals surface area contributed by atoms with Crippen LogP contribution in [0.4, 0.5) is 0 Å². The fourth-order valence-electron chi connectivity index (χ4n) is 2.39. The minimum atomic E-state index is -0.573. The van der Waals surface area contributed by atoms with E-state index in [1.807, 2.05) is 0 Å². The van der Waals surface area contributed by atoms with Crippen molar-refractivity contribution in [2.45, 2.75) is 12.6 Å². The van der Waals surface area contributed by atoms with Crippen molar-refractivity contribution in [2.24, 2.45) is 0 Å². The molecular formula is C12H16N6O2S. The van der Waals surface area contributed by atoms with Crippen LogP contribution in [0.1, 0.15) is 15.4 Å². The lowest BCUT2D eigenvalue weighted by molar-refractivity contribution is 0.0667. The highest BCUT2D eigenvalue weighted by Gasteiger charge is 2.26. The minimum absolute atomic E-state index is 0.0696. The number of H-pyrrole nitrogens is 1. The number of hydrogen-bond donors (Lipinski definition) is 2. The molecule has 0 spiro atoms. The van der Waals surface area contributed by atoms with E-state index in [2.05, 4.69) is 25.3 Å². The molecule has 1 saturated heterocycles. The Hall–Kier alpha value is -1.84. The maximum absolute atomic E-state index is 12.3. The first-order chi connectivity index (χ1) is 10.2. The second kappa shape index (κ2) is 6.29. The highest BCUT2D eigenvalue weighted by Crippen LogP contribution is 2.13. The first-order valence-corrected chi connectivity index (χ1v) is 7.53. The highest BCUT2D eigenvalue weighted by atomic mass is 32.1. The third-order valence-corrected chi connectivity index (χ3v) is 4.13. The maximum atomic E-state index is 12.3. The molecule has 3 heterocycles. The van der Waals surface area contributed by atoms with Gasteiger partial charge in [-0.05, 0) is 0 Å². The number of nitrogens with one attached hydrogen (secondary N) is 1. The normalized spacial score (nSPS) is 20.4. The Balaban J connectivity index is 1.64. The largest absolute Gasteiger partial charge is 0.390 e. The van der Waals surface area contributed by atoms with E-state index in [1.54, 1.807) is 22.8 Å². The van der Waals surface area contributed by atoms with Gasteiger partial charge >= 0.3 is 0 Å². The van der Waals surface area contributed by atoms with Crippen molar-refractivity contribution in [3.05, 3.63) is 28.5 Å². The number of aromatic amines is 1. The summed E-state index contributed by atoms with van der Waals surface area (Å²) in [6.07, 6.45) is 2.66. The quantitative estimate of drug-likeness (QED) is 0.799. The van der Waals surface area contributed by atoms with Gasteiger partial charge in [-0.25, -0.2) is 0 Å². The SMILES string of the molecule is O=C(c1cncs1)N1CCN(Cc2cn[nH]n2)C[C@H](O)C1. The lowest BCUT2D eigenvalue weighted by Gasteiger charge is -2.20. The van der Waals surface area contributed by atoms with Crippen LogP contribution in [0.15, 0.2) is 17.9 Å². The van der Waals surface area contributed by atoms with E-state index in [0.717, 1.165) is 5.69 Å². The molecule has 2 aromatic rings. The van der Waals surface area contributed by atoms with Gasteiger partial charge in [-0.1, -0.05) is 0 Å². The second-order valence-electron chi connectivity index (χ2n) is 4.97. The molecule has 2 N–H and O–H groups in total. The number of carbonyl (C=O) groups is 1. The van der Waals surface area contributed by atoms with Gasteiger partial charge in [0.2, 0.25) is 0 Å². The van der Waals surface area contributed by atoms with Gasteiger partial charge in [-0.2, -0.15) is 15.4 Å². The number of nitrogens with zero attached hydrogens (tertiary/aromatic N) is 5. The maximum Gasteiger partial charge on any atom is 0.265 e. The van der Waals surface area contributed by atoms with Crippen LogP contribution in [-0.2, 0) is 6.54 Å². The molecule has 1 amide bonds. The van der Waals surface area contributed by atoms with Crippen molar-refractivity contribution in [3.63, 3.8) is 0 Å². The van der Waals surface area contributed by atoms with Gasteiger partial charge in [0.1, 0.15) is 4.88 Å². The zero-order valence-corrected chi connectivity index (χ0v) is 12.2. The monoisotopic (exact) mass is 308 g/mol. The third-order valence-electron chi connectivity index (χ3n) is 3.37.